The van der Waals surface area contributed by atoms with Crippen LogP contribution in [0.3, 0.4) is 0 Å². The summed E-state index contributed by atoms with van der Waals surface area (Å²) in [4.78, 5) is 0. The monoisotopic (exact) mass is 1060 g/mol. The maximum atomic E-state index is 12.8. The van der Waals surface area contributed by atoms with Crippen molar-refractivity contribution in [3.05, 3.63) is 11.6 Å². The van der Waals surface area contributed by atoms with E-state index in [2.05, 4.69) is 13.0 Å². The van der Waals surface area contributed by atoms with E-state index in [9.17, 15) is 71.5 Å². The molecule has 0 aromatic carbocycles. The molecule has 6 heterocycles. The van der Waals surface area contributed by atoms with Crippen LogP contribution in [0.25, 0.3) is 0 Å². The Morgan fingerprint density at radius 2 is 1.22 bits per heavy atom. The molecule has 0 bridgehead atoms. The molecule has 10 aliphatic rings. The highest BCUT2D eigenvalue weighted by Gasteiger charge is 2.74. The van der Waals surface area contributed by atoms with Crippen molar-refractivity contribution in [2.24, 2.45) is 46.3 Å². The van der Waals surface area contributed by atoms with Gasteiger partial charge in [0.2, 0.25) is 0 Å². The molecule has 24 heteroatoms. The van der Waals surface area contributed by atoms with Crippen LogP contribution in [0, 0.1) is 46.3 Å². The quantitative estimate of drug-likeness (QED) is 0.0970. The van der Waals surface area contributed by atoms with E-state index in [1.54, 1.807) is 6.92 Å². The van der Waals surface area contributed by atoms with Crippen molar-refractivity contribution >= 4 is 0 Å². The van der Waals surface area contributed by atoms with Gasteiger partial charge < -0.3 is 119 Å². The third-order valence-corrected chi connectivity index (χ3v) is 19.7. The zero-order valence-electron chi connectivity index (χ0n) is 42.5. The summed E-state index contributed by atoms with van der Waals surface area (Å²) < 4.78 is 62.6. The highest BCUT2D eigenvalue weighted by molar-refractivity contribution is 5.30. The highest BCUT2D eigenvalue weighted by atomic mass is 16.8. The normalized spacial score (nSPS) is 59.6. The molecule has 14 N–H and O–H groups in total. The van der Waals surface area contributed by atoms with Gasteiger partial charge in [0.05, 0.1) is 62.5 Å². The predicted molar refractivity (Wildman–Crippen MR) is 245 cm³/mol. The lowest BCUT2D eigenvalue weighted by Gasteiger charge is -2.62. The van der Waals surface area contributed by atoms with Gasteiger partial charge in [-0.2, -0.15) is 0 Å². The minimum Gasteiger partial charge on any atom is -0.394 e. The number of hydrogen-bond donors (Lipinski definition) is 14. The van der Waals surface area contributed by atoms with Gasteiger partial charge in [-0.05, 0) is 57.3 Å². The fraction of sp³-hybridized carbons (Fsp3) is 0.960. The Morgan fingerprint density at radius 3 is 1.85 bits per heavy atom. The molecular formula is C50H80O24. The first-order valence-corrected chi connectivity index (χ1v) is 26.6. The molecule has 0 aromatic heterocycles. The Bertz CT molecular complexity index is 2010. The molecule has 3 unspecified atom stereocenters. The smallest absolute Gasteiger partial charge is 0.200 e. The van der Waals surface area contributed by atoms with E-state index in [0.717, 1.165) is 5.57 Å². The van der Waals surface area contributed by atoms with Crippen molar-refractivity contribution in [3.63, 3.8) is 0 Å². The van der Waals surface area contributed by atoms with Crippen molar-refractivity contribution in [2.45, 2.75) is 233 Å². The molecule has 1 spiro atoms. The number of ether oxygens (including phenoxy) is 10. The van der Waals surface area contributed by atoms with Gasteiger partial charge in [0.1, 0.15) is 85.5 Å². The maximum Gasteiger partial charge on any atom is 0.200 e. The van der Waals surface area contributed by atoms with E-state index >= 15 is 0 Å². The van der Waals surface area contributed by atoms with E-state index < -0.39 is 195 Å². The SMILES string of the molecule is CC1C2C(C[C@H]3[C@@H]4CC=C5C[C@@H](O)C[C@@H](O[C@@H]6O[C@H](CO)[C@@H](O)[C@H](O[C@@H]7OC[C@@H](O)[C@H](O)[C@H]7O)[C@H]6O[C@@H]6O[C@@H](C)[C@H](O)[C@@H](O)[C@H]6O)[C@]5(C)[C@H]4C[C@@H](O)[C@]23C)O[C@@]12OC[C@@H](C)[C@H](O[C@@H]1O[C@H](C)[C@H](O)[C@@H](O)[C@H]1O)[C@@H]2O. The third-order valence-electron chi connectivity index (χ3n) is 19.7. The predicted octanol–water partition coefficient (Wildman–Crippen LogP) is -4.41. The van der Waals surface area contributed by atoms with E-state index in [0.29, 0.717) is 19.3 Å². The molecule has 3 saturated carbocycles. The van der Waals surface area contributed by atoms with Gasteiger partial charge >= 0.3 is 0 Å². The highest BCUT2D eigenvalue weighted by Crippen LogP contribution is 2.71. The molecule has 6 saturated heterocycles. The van der Waals surface area contributed by atoms with Crippen LogP contribution in [-0.2, 0) is 47.4 Å². The Hall–Kier alpha value is -1.22. The zero-order valence-corrected chi connectivity index (χ0v) is 42.5. The first-order valence-electron chi connectivity index (χ1n) is 26.6. The number of fused-ring (bicyclic) bond motifs is 7. The van der Waals surface area contributed by atoms with Crippen LogP contribution in [-0.4, -0.2) is 250 Å². The first-order chi connectivity index (χ1) is 34.9. The molecule has 6 aliphatic heterocycles. The summed E-state index contributed by atoms with van der Waals surface area (Å²) in [6.07, 6.45) is -31.2. The molecular weight excluding hydrogens is 985 g/mol. The number of allylic oxidation sites excluding steroid dienone is 1. The molecule has 0 aromatic rings. The van der Waals surface area contributed by atoms with Crippen LogP contribution < -0.4 is 0 Å². The number of aliphatic hydroxyl groups excluding tert-OH is 14. The van der Waals surface area contributed by atoms with E-state index in [1.165, 1.54) is 6.92 Å². The summed E-state index contributed by atoms with van der Waals surface area (Å²) in [7, 11) is 0. The van der Waals surface area contributed by atoms with Gasteiger partial charge in [0.25, 0.3) is 0 Å². The van der Waals surface area contributed by atoms with Crippen LogP contribution >= 0.6 is 0 Å². The van der Waals surface area contributed by atoms with Gasteiger partial charge in [-0.1, -0.05) is 39.3 Å². The summed E-state index contributed by atoms with van der Waals surface area (Å²) >= 11 is 0. The van der Waals surface area contributed by atoms with E-state index in [-0.39, 0.29) is 43.1 Å². The second-order valence-electron chi connectivity index (χ2n) is 23.8. The van der Waals surface area contributed by atoms with Gasteiger partial charge in [-0.3, -0.25) is 0 Å². The summed E-state index contributed by atoms with van der Waals surface area (Å²) in [5.41, 5.74) is -0.807. The molecule has 0 amide bonds. The van der Waals surface area contributed by atoms with E-state index in [1.807, 2.05) is 20.8 Å². The third kappa shape index (κ3) is 8.81. The van der Waals surface area contributed by atoms with Crippen LogP contribution in [0.4, 0.5) is 0 Å². The summed E-state index contributed by atoms with van der Waals surface area (Å²) in [6, 6.07) is 0. The maximum absolute atomic E-state index is 12.8. The molecule has 74 heavy (non-hydrogen) atoms. The lowest BCUT2D eigenvalue weighted by molar-refractivity contribution is -0.393. The average molecular weight is 1070 g/mol. The van der Waals surface area contributed by atoms with Crippen molar-refractivity contribution < 1.29 is 119 Å². The van der Waals surface area contributed by atoms with Crippen LogP contribution in [0.2, 0.25) is 0 Å². The summed E-state index contributed by atoms with van der Waals surface area (Å²) in [6.45, 7) is 9.69. The average Bonchev–Trinajstić information content (AvgIpc) is 3.83. The second-order valence-corrected chi connectivity index (χ2v) is 23.8. The fourth-order valence-corrected chi connectivity index (χ4v) is 15.4. The van der Waals surface area contributed by atoms with Gasteiger partial charge in [0, 0.05) is 35.0 Å². The molecule has 9 fully saturated rings. The minimum atomic E-state index is -1.86. The van der Waals surface area contributed by atoms with Gasteiger partial charge in [-0.15, -0.1) is 0 Å². The van der Waals surface area contributed by atoms with Crippen LogP contribution in [0.1, 0.15) is 73.6 Å². The summed E-state index contributed by atoms with van der Waals surface area (Å²) in [5, 5.41) is 155. The standard InChI is InChI=1S/C50H80O24/c1-16-14-66-50(43(64)40(16)71-45-38(62)35(59)31(55)18(3)67-45)17(2)30-26(74-50)11-23-22-8-7-20-9-21(52)10-29(48(20,5)24(22)12-28(54)49(23,30)6)70-47-42(73-46-39(63)36(60)32(56)19(4)68-46)41(34(58)27(13-51)69-47)72-44-37(61)33(57)25(53)15-65-44/h7,16-19,21-47,51-64H,8-15H2,1-6H3/t16-,17?,18-,19+,21-,22+,23+,24+,25-,26?,27-,28-,29-,30?,31+,32+,33+,34-,35-,36-,37-,38-,39-,40+,41+,42-,43+,44+,45+,46+,47+,48+,49-,50+/m1/s1. The molecule has 34 atom stereocenters. The largest absolute Gasteiger partial charge is 0.394 e. The summed E-state index contributed by atoms with van der Waals surface area (Å²) in [5.74, 6) is -3.28. The molecule has 10 rings (SSSR count). The Labute approximate surface area is 428 Å². The second kappa shape index (κ2) is 20.7. The van der Waals surface area contributed by atoms with E-state index in [4.69, 9.17) is 47.4 Å². The lowest BCUT2D eigenvalue weighted by atomic mass is 9.45. The fourth-order valence-electron chi connectivity index (χ4n) is 15.4. The molecule has 424 valence electrons. The molecule has 4 aliphatic carbocycles. The number of aliphatic hydroxyl groups is 14. The zero-order chi connectivity index (χ0) is 53.4. The van der Waals surface area contributed by atoms with Crippen LogP contribution in [0.5, 0.6) is 0 Å². The van der Waals surface area contributed by atoms with Crippen molar-refractivity contribution in [2.75, 3.05) is 19.8 Å². The lowest BCUT2D eigenvalue weighted by Crippen LogP contribution is -2.67. The Morgan fingerprint density at radius 1 is 0.608 bits per heavy atom. The Kier molecular flexibility index (Phi) is 15.7. The number of hydrogen-bond acceptors (Lipinski definition) is 24. The number of rotatable bonds is 9. The van der Waals surface area contributed by atoms with Gasteiger partial charge in [0.15, 0.2) is 30.9 Å². The Balaban J connectivity index is 0.927. The van der Waals surface area contributed by atoms with Crippen LogP contribution in [0.15, 0.2) is 11.6 Å². The van der Waals surface area contributed by atoms with Gasteiger partial charge in [-0.25, -0.2) is 0 Å². The topological polar surface area (TPSA) is 376 Å². The first kappa shape index (κ1) is 56.1. The minimum absolute atomic E-state index is 0.0464. The van der Waals surface area contributed by atoms with Crippen molar-refractivity contribution in [1.82, 2.24) is 0 Å². The molecule has 24 nitrogen and oxygen atoms in total. The van der Waals surface area contributed by atoms with Crippen molar-refractivity contribution in [3.8, 4) is 0 Å². The molecule has 0 radical (unpaired) electrons. The van der Waals surface area contributed by atoms with Crippen molar-refractivity contribution in [1.29, 1.82) is 0 Å².